The van der Waals surface area contributed by atoms with Crippen molar-refractivity contribution < 1.29 is 17.9 Å². The molecular formula is C15H22N2O4S. The molecule has 0 bridgehead atoms. The summed E-state index contributed by atoms with van der Waals surface area (Å²) in [6.07, 6.45) is 0.876. The van der Waals surface area contributed by atoms with Gasteiger partial charge in [-0.1, -0.05) is 19.1 Å². The Morgan fingerprint density at radius 1 is 1.14 bits per heavy atom. The van der Waals surface area contributed by atoms with Crippen molar-refractivity contribution >= 4 is 15.9 Å². The molecule has 0 aliphatic carbocycles. The van der Waals surface area contributed by atoms with E-state index in [1.807, 2.05) is 19.1 Å². The number of carbonyl (C=O) groups excluding carboxylic acids is 1. The molecule has 0 spiro atoms. The third-order valence-corrected chi connectivity index (χ3v) is 5.74. The van der Waals surface area contributed by atoms with Gasteiger partial charge in [-0.3, -0.25) is 4.79 Å². The highest BCUT2D eigenvalue weighted by Crippen LogP contribution is 2.18. The van der Waals surface area contributed by atoms with Gasteiger partial charge in [0.1, 0.15) is 6.61 Å². The maximum atomic E-state index is 12.6. The number of amides is 1. The first-order valence-electron chi connectivity index (χ1n) is 7.35. The Balaban J connectivity index is 2.04. The first-order valence-corrected chi connectivity index (χ1v) is 8.79. The average molecular weight is 326 g/mol. The molecule has 0 unspecified atom stereocenters. The Labute approximate surface area is 131 Å². The summed E-state index contributed by atoms with van der Waals surface area (Å²) in [5.41, 5.74) is 1.11. The lowest BCUT2D eigenvalue weighted by Gasteiger charge is -2.33. The van der Waals surface area contributed by atoms with Crippen LogP contribution in [0.2, 0.25) is 0 Å². The van der Waals surface area contributed by atoms with Crippen LogP contribution in [0.15, 0.2) is 29.2 Å². The van der Waals surface area contributed by atoms with Crippen LogP contribution < -0.4 is 0 Å². The summed E-state index contributed by atoms with van der Waals surface area (Å²) in [7, 11) is -2.01. The van der Waals surface area contributed by atoms with Gasteiger partial charge in [0, 0.05) is 33.3 Å². The van der Waals surface area contributed by atoms with Gasteiger partial charge >= 0.3 is 0 Å². The Morgan fingerprint density at radius 3 is 2.23 bits per heavy atom. The summed E-state index contributed by atoms with van der Waals surface area (Å²) in [4.78, 5) is 13.7. The SMILES string of the molecule is CCc1ccc(S(=O)(=O)N2CCN(C(=O)COC)CC2)cc1. The van der Waals surface area contributed by atoms with Crippen molar-refractivity contribution in [3.63, 3.8) is 0 Å². The second kappa shape index (κ2) is 7.21. The van der Waals surface area contributed by atoms with E-state index in [4.69, 9.17) is 4.74 Å². The van der Waals surface area contributed by atoms with Crippen molar-refractivity contribution in [2.24, 2.45) is 0 Å². The highest BCUT2D eigenvalue weighted by molar-refractivity contribution is 7.89. The molecule has 0 aromatic heterocycles. The monoisotopic (exact) mass is 326 g/mol. The third kappa shape index (κ3) is 3.66. The summed E-state index contributed by atoms with van der Waals surface area (Å²) in [6, 6.07) is 6.98. The second-order valence-corrected chi connectivity index (χ2v) is 7.15. The van der Waals surface area contributed by atoms with Crippen molar-refractivity contribution in [2.45, 2.75) is 18.2 Å². The van der Waals surface area contributed by atoms with Gasteiger partial charge in [0.05, 0.1) is 4.90 Å². The van der Waals surface area contributed by atoms with Crippen LogP contribution in [0.25, 0.3) is 0 Å². The Kier molecular flexibility index (Phi) is 5.55. The van der Waals surface area contributed by atoms with Crippen LogP contribution in [-0.2, 0) is 26.0 Å². The van der Waals surface area contributed by atoms with Gasteiger partial charge in [-0.05, 0) is 24.1 Å². The van der Waals surface area contributed by atoms with E-state index in [0.29, 0.717) is 31.1 Å². The lowest BCUT2D eigenvalue weighted by Crippen LogP contribution is -2.51. The number of methoxy groups -OCH3 is 1. The molecule has 1 heterocycles. The zero-order chi connectivity index (χ0) is 16.2. The van der Waals surface area contributed by atoms with Crippen molar-refractivity contribution in [3.8, 4) is 0 Å². The highest BCUT2D eigenvalue weighted by atomic mass is 32.2. The summed E-state index contributed by atoms with van der Waals surface area (Å²) >= 11 is 0. The number of benzene rings is 1. The molecule has 22 heavy (non-hydrogen) atoms. The molecule has 122 valence electrons. The van der Waals surface area contributed by atoms with Crippen LogP contribution >= 0.6 is 0 Å². The molecule has 1 aliphatic heterocycles. The lowest BCUT2D eigenvalue weighted by atomic mass is 10.2. The number of aryl methyl sites for hydroxylation is 1. The molecule has 0 atom stereocenters. The van der Waals surface area contributed by atoms with Crippen LogP contribution in [0.4, 0.5) is 0 Å². The average Bonchev–Trinajstić information content (AvgIpc) is 2.55. The number of nitrogens with zero attached hydrogens (tertiary/aromatic N) is 2. The standard InChI is InChI=1S/C15H22N2O4S/c1-3-13-4-6-14(7-5-13)22(19,20)17-10-8-16(9-11-17)15(18)12-21-2/h4-7H,3,8-12H2,1-2H3. The lowest BCUT2D eigenvalue weighted by molar-refractivity contribution is -0.136. The smallest absolute Gasteiger partial charge is 0.248 e. The fraction of sp³-hybridized carbons (Fsp3) is 0.533. The topological polar surface area (TPSA) is 66.9 Å². The van der Waals surface area contributed by atoms with Gasteiger partial charge in [-0.2, -0.15) is 4.31 Å². The van der Waals surface area contributed by atoms with Crippen LogP contribution in [0.1, 0.15) is 12.5 Å². The molecule has 1 aliphatic rings. The van der Waals surface area contributed by atoms with Crippen LogP contribution in [-0.4, -0.2) is 63.4 Å². The minimum atomic E-state index is -3.48. The normalized spacial score (nSPS) is 16.7. The summed E-state index contributed by atoms with van der Waals surface area (Å²) in [5.74, 6) is -0.105. The minimum Gasteiger partial charge on any atom is -0.375 e. The molecule has 1 saturated heterocycles. The largest absolute Gasteiger partial charge is 0.375 e. The molecule has 0 saturated carbocycles. The number of sulfonamides is 1. The fourth-order valence-corrected chi connectivity index (χ4v) is 3.86. The first kappa shape index (κ1) is 16.9. The zero-order valence-electron chi connectivity index (χ0n) is 13.0. The van der Waals surface area contributed by atoms with Crippen LogP contribution in [0.3, 0.4) is 0 Å². The maximum absolute atomic E-state index is 12.6. The van der Waals surface area contributed by atoms with Crippen molar-refractivity contribution in [3.05, 3.63) is 29.8 Å². The van der Waals surface area contributed by atoms with Crippen LogP contribution in [0, 0.1) is 0 Å². The molecular weight excluding hydrogens is 304 g/mol. The first-order chi connectivity index (χ1) is 10.5. The number of piperazine rings is 1. The second-order valence-electron chi connectivity index (χ2n) is 5.22. The van der Waals surface area contributed by atoms with Crippen molar-refractivity contribution in [2.75, 3.05) is 39.9 Å². The molecule has 1 aromatic rings. The van der Waals surface area contributed by atoms with Gasteiger partial charge in [-0.25, -0.2) is 8.42 Å². The van der Waals surface area contributed by atoms with Gasteiger partial charge in [0.25, 0.3) is 0 Å². The molecule has 6 nitrogen and oxygen atoms in total. The predicted molar refractivity (Wildman–Crippen MR) is 83.0 cm³/mol. The van der Waals surface area contributed by atoms with Gasteiger partial charge < -0.3 is 9.64 Å². The quantitative estimate of drug-likeness (QED) is 0.800. The molecule has 1 amide bonds. The molecule has 0 radical (unpaired) electrons. The van der Waals surface area contributed by atoms with Crippen LogP contribution in [0.5, 0.6) is 0 Å². The van der Waals surface area contributed by atoms with E-state index in [1.54, 1.807) is 17.0 Å². The number of carbonyl (C=O) groups is 1. The van der Waals surface area contributed by atoms with Gasteiger partial charge in [0.15, 0.2) is 0 Å². The zero-order valence-corrected chi connectivity index (χ0v) is 13.8. The van der Waals surface area contributed by atoms with E-state index in [0.717, 1.165) is 12.0 Å². The maximum Gasteiger partial charge on any atom is 0.248 e. The fourth-order valence-electron chi connectivity index (χ4n) is 2.44. The van der Waals surface area contributed by atoms with E-state index in [1.165, 1.54) is 11.4 Å². The molecule has 2 rings (SSSR count). The third-order valence-electron chi connectivity index (χ3n) is 3.83. The molecule has 1 fully saturated rings. The molecule has 1 aromatic carbocycles. The van der Waals surface area contributed by atoms with Gasteiger partial charge in [0.2, 0.25) is 15.9 Å². The van der Waals surface area contributed by atoms with E-state index in [-0.39, 0.29) is 12.5 Å². The van der Waals surface area contributed by atoms with Gasteiger partial charge in [-0.15, -0.1) is 0 Å². The minimum absolute atomic E-state index is 0.0330. The van der Waals surface area contributed by atoms with Crippen molar-refractivity contribution in [1.82, 2.24) is 9.21 Å². The number of rotatable bonds is 5. The number of hydrogen-bond acceptors (Lipinski definition) is 4. The summed E-state index contributed by atoms with van der Waals surface area (Å²) in [6.45, 7) is 3.48. The predicted octanol–water partition coefficient (Wildman–Crippen LogP) is 0.728. The highest BCUT2D eigenvalue weighted by Gasteiger charge is 2.29. The van der Waals surface area contributed by atoms with E-state index >= 15 is 0 Å². The van der Waals surface area contributed by atoms with E-state index in [9.17, 15) is 13.2 Å². The molecule has 7 heteroatoms. The Hall–Kier alpha value is -1.44. The van der Waals surface area contributed by atoms with E-state index in [2.05, 4.69) is 0 Å². The molecule has 0 N–H and O–H groups in total. The Bertz CT molecular complexity index is 605. The van der Waals surface area contributed by atoms with E-state index < -0.39 is 10.0 Å². The van der Waals surface area contributed by atoms with Crippen molar-refractivity contribution in [1.29, 1.82) is 0 Å². The Morgan fingerprint density at radius 2 is 1.73 bits per heavy atom. The number of ether oxygens (including phenoxy) is 1. The number of hydrogen-bond donors (Lipinski definition) is 0. The summed E-state index contributed by atoms with van der Waals surface area (Å²) < 4.78 is 31.4. The summed E-state index contributed by atoms with van der Waals surface area (Å²) in [5, 5.41) is 0.